The molecule has 0 saturated carbocycles. The van der Waals surface area contributed by atoms with E-state index >= 15 is 0 Å². The van der Waals surface area contributed by atoms with Crippen LogP contribution in [0.5, 0.6) is 0 Å². The molecule has 0 spiro atoms. The summed E-state index contributed by atoms with van der Waals surface area (Å²) in [6.07, 6.45) is 1.60. The van der Waals surface area contributed by atoms with Crippen LogP contribution < -0.4 is 5.32 Å². The number of pyridine rings is 1. The minimum atomic E-state index is -0.627. The van der Waals surface area contributed by atoms with Crippen LogP contribution >= 0.6 is 22.9 Å². The summed E-state index contributed by atoms with van der Waals surface area (Å²) in [6.45, 7) is 2.26. The third-order valence-electron chi connectivity index (χ3n) is 2.57. The van der Waals surface area contributed by atoms with Gasteiger partial charge in [0.2, 0.25) is 0 Å². The fraction of sp³-hybridized carbons (Fsp3) is 0.250. The van der Waals surface area contributed by atoms with Crippen LogP contribution in [0.1, 0.15) is 21.1 Å². The molecule has 0 fully saturated rings. The van der Waals surface area contributed by atoms with Crippen LogP contribution in [0.15, 0.2) is 17.6 Å². The lowest BCUT2D eigenvalue weighted by molar-refractivity contribution is -0.385. The molecule has 21 heavy (non-hydrogen) atoms. The van der Waals surface area contributed by atoms with Gasteiger partial charge in [-0.25, -0.2) is 9.97 Å². The van der Waals surface area contributed by atoms with Crippen LogP contribution in [-0.2, 0) is 6.42 Å². The molecule has 0 atom stereocenters. The summed E-state index contributed by atoms with van der Waals surface area (Å²) in [7, 11) is 0. The smallest absolute Gasteiger partial charge is 0.288 e. The van der Waals surface area contributed by atoms with Gasteiger partial charge in [-0.3, -0.25) is 14.9 Å². The maximum absolute atomic E-state index is 12.0. The monoisotopic (exact) mass is 326 g/mol. The van der Waals surface area contributed by atoms with Gasteiger partial charge in [0.1, 0.15) is 11.3 Å². The number of hydrogen-bond donors (Lipinski definition) is 1. The summed E-state index contributed by atoms with van der Waals surface area (Å²) in [5, 5.41) is 16.1. The van der Waals surface area contributed by atoms with E-state index in [-0.39, 0.29) is 16.4 Å². The molecule has 0 bridgehead atoms. The van der Waals surface area contributed by atoms with Gasteiger partial charge >= 0.3 is 0 Å². The number of nitrogens with one attached hydrogen (secondary N) is 1. The van der Waals surface area contributed by atoms with Crippen molar-refractivity contribution in [1.29, 1.82) is 0 Å². The van der Waals surface area contributed by atoms with E-state index in [0.717, 1.165) is 23.0 Å². The largest absolute Gasteiger partial charge is 0.352 e. The molecule has 2 rings (SSSR count). The van der Waals surface area contributed by atoms with Crippen molar-refractivity contribution in [3.8, 4) is 0 Å². The molecule has 1 N–H and O–H groups in total. The summed E-state index contributed by atoms with van der Waals surface area (Å²) in [6, 6.07) is 1.11. The molecule has 0 aliphatic carbocycles. The molecule has 0 aromatic carbocycles. The molecule has 2 aromatic rings. The average Bonchev–Trinajstić information content (AvgIpc) is 2.84. The first-order valence-electron chi connectivity index (χ1n) is 5.96. The zero-order valence-corrected chi connectivity index (χ0v) is 12.6. The molecule has 2 heterocycles. The lowest BCUT2D eigenvalue weighted by atomic mass is 10.2. The van der Waals surface area contributed by atoms with E-state index in [4.69, 9.17) is 11.6 Å². The Morgan fingerprint density at radius 3 is 2.95 bits per heavy atom. The molecule has 9 heteroatoms. The number of carbonyl (C=O) groups excluding carboxylic acids is 1. The quantitative estimate of drug-likeness (QED) is 0.516. The van der Waals surface area contributed by atoms with E-state index in [1.807, 2.05) is 12.3 Å². The van der Waals surface area contributed by atoms with Crippen LogP contribution in [0.2, 0.25) is 5.15 Å². The van der Waals surface area contributed by atoms with Crippen molar-refractivity contribution in [2.45, 2.75) is 13.3 Å². The van der Waals surface area contributed by atoms with Gasteiger partial charge in [0, 0.05) is 30.1 Å². The number of halogens is 1. The van der Waals surface area contributed by atoms with Crippen LogP contribution in [0.25, 0.3) is 0 Å². The Bertz CT molecular complexity index is 689. The SMILES string of the molecule is Cc1csc(CCNC(=O)c2cc([N+](=O)[O-])cnc2Cl)n1. The van der Waals surface area contributed by atoms with Gasteiger partial charge in [-0.1, -0.05) is 11.6 Å². The Kier molecular flexibility index (Phi) is 4.81. The number of amides is 1. The maximum Gasteiger partial charge on any atom is 0.288 e. The second kappa shape index (κ2) is 6.59. The van der Waals surface area contributed by atoms with Crippen LogP contribution in [0.4, 0.5) is 5.69 Å². The van der Waals surface area contributed by atoms with E-state index in [1.54, 1.807) is 0 Å². The minimum Gasteiger partial charge on any atom is -0.352 e. The molecule has 1 amide bonds. The Balaban J connectivity index is 1.99. The lowest BCUT2D eigenvalue weighted by Crippen LogP contribution is -2.26. The highest BCUT2D eigenvalue weighted by Gasteiger charge is 2.16. The van der Waals surface area contributed by atoms with Gasteiger partial charge in [-0.2, -0.15) is 0 Å². The fourth-order valence-corrected chi connectivity index (χ4v) is 2.56. The minimum absolute atomic E-state index is 0.0128. The molecule has 0 unspecified atom stereocenters. The highest BCUT2D eigenvalue weighted by molar-refractivity contribution is 7.09. The Morgan fingerprint density at radius 1 is 1.57 bits per heavy atom. The van der Waals surface area contributed by atoms with Gasteiger partial charge in [0.15, 0.2) is 0 Å². The first-order valence-corrected chi connectivity index (χ1v) is 7.22. The Labute approximate surface area is 129 Å². The van der Waals surface area contributed by atoms with E-state index in [9.17, 15) is 14.9 Å². The van der Waals surface area contributed by atoms with Gasteiger partial charge in [-0.15, -0.1) is 11.3 Å². The van der Waals surface area contributed by atoms with Crippen molar-refractivity contribution in [3.63, 3.8) is 0 Å². The molecule has 0 aliphatic heterocycles. The number of carbonyl (C=O) groups is 1. The topological polar surface area (TPSA) is 98.0 Å². The summed E-state index contributed by atoms with van der Waals surface area (Å²) in [5.74, 6) is -0.496. The standard InChI is InChI=1S/C12H11ClN4O3S/c1-7-6-21-10(16-7)2-3-14-12(18)9-4-8(17(19)20)5-15-11(9)13/h4-6H,2-3H2,1H3,(H,14,18). The summed E-state index contributed by atoms with van der Waals surface area (Å²) >= 11 is 7.31. The first kappa shape index (κ1) is 15.3. The van der Waals surface area contributed by atoms with E-state index < -0.39 is 10.8 Å². The number of hydrogen-bond acceptors (Lipinski definition) is 6. The highest BCUT2D eigenvalue weighted by atomic mass is 35.5. The van der Waals surface area contributed by atoms with Crippen molar-refractivity contribution >= 4 is 34.5 Å². The predicted octanol–water partition coefficient (Wildman–Crippen LogP) is 2.38. The van der Waals surface area contributed by atoms with E-state index in [0.29, 0.717) is 13.0 Å². The number of aryl methyl sites for hydroxylation is 1. The lowest BCUT2D eigenvalue weighted by Gasteiger charge is -2.05. The summed E-state index contributed by atoms with van der Waals surface area (Å²) in [5.41, 5.74) is 0.647. The Hall–Kier alpha value is -2.06. The fourth-order valence-electron chi connectivity index (χ4n) is 1.59. The van der Waals surface area contributed by atoms with Gasteiger partial charge < -0.3 is 5.32 Å². The normalized spacial score (nSPS) is 10.4. The highest BCUT2D eigenvalue weighted by Crippen LogP contribution is 2.19. The molecule has 0 saturated heterocycles. The second-order valence-electron chi connectivity index (χ2n) is 4.18. The van der Waals surface area contributed by atoms with Crippen molar-refractivity contribution < 1.29 is 9.72 Å². The van der Waals surface area contributed by atoms with E-state index in [1.165, 1.54) is 11.3 Å². The average molecular weight is 327 g/mol. The predicted molar refractivity (Wildman–Crippen MR) is 78.8 cm³/mol. The molecular weight excluding hydrogens is 316 g/mol. The number of aromatic nitrogens is 2. The zero-order valence-electron chi connectivity index (χ0n) is 11.0. The second-order valence-corrected chi connectivity index (χ2v) is 5.48. The first-order chi connectivity index (χ1) is 9.97. The molecule has 0 aliphatic rings. The molecule has 7 nitrogen and oxygen atoms in total. The van der Waals surface area contributed by atoms with Crippen molar-refractivity contribution in [1.82, 2.24) is 15.3 Å². The van der Waals surface area contributed by atoms with Crippen molar-refractivity contribution in [3.05, 3.63) is 49.2 Å². The summed E-state index contributed by atoms with van der Waals surface area (Å²) < 4.78 is 0. The van der Waals surface area contributed by atoms with Gasteiger partial charge in [-0.05, 0) is 6.92 Å². The summed E-state index contributed by atoms with van der Waals surface area (Å²) in [4.78, 5) is 29.9. The number of rotatable bonds is 5. The Morgan fingerprint density at radius 2 is 2.33 bits per heavy atom. The molecule has 0 radical (unpaired) electrons. The van der Waals surface area contributed by atoms with Crippen molar-refractivity contribution in [2.75, 3.05) is 6.54 Å². The number of nitro groups is 1. The molecule has 2 aromatic heterocycles. The third kappa shape index (κ3) is 3.96. The van der Waals surface area contributed by atoms with Gasteiger partial charge in [0.05, 0.1) is 15.5 Å². The number of thiazole rings is 1. The van der Waals surface area contributed by atoms with Crippen LogP contribution in [-0.4, -0.2) is 27.3 Å². The van der Waals surface area contributed by atoms with Crippen LogP contribution in [0, 0.1) is 17.0 Å². The molecule has 110 valence electrons. The number of nitrogens with zero attached hydrogens (tertiary/aromatic N) is 3. The van der Waals surface area contributed by atoms with Gasteiger partial charge in [0.25, 0.3) is 11.6 Å². The zero-order chi connectivity index (χ0) is 15.4. The van der Waals surface area contributed by atoms with E-state index in [2.05, 4.69) is 15.3 Å². The third-order valence-corrected chi connectivity index (χ3v) is 3.90. The molecular formula is C12H11ClN4O3S. The van der Waals surface area contributed by atoms with Crippen molar-refractivity contribution in [2.24, 2.45) is 0 Å². The van der Waals surface area contributed by atoms with Crippen LogP contribution in [0.3, 0.4) is 0 Å². The maximum atomic E-state index is 12.0.